The fourth-order valence-corrected chi connectivity index (χ4v) is 2.96. The molecule has 104 valence electrons. The predicted octanol–water partition coefficient (Wildman–Crippen LogP) is 1.50. The van der Waals surface area contributed by atoms with Crippen molar-refractivity contribution < 1.29 is 9.53 Å². The van der Waals surface area contributed by atoms with Gasteiger partial charge in [-0.2, -0.15) is 0 Å². The number of likely N-dealkylation sites (tertiary alicyclic amines) is 1. The minimum atomic E-state index is 0.251. The fourth-order valence-electron chi connectivity index (χ4n) is 2.96. The van der Waals surface area contributed by atoms with E-state index in [4.69, 9.17) is 4.74 Å². The Hall–Kier alpha value is -0.610. The molecule has 1 heterocycles. The van der Waals surface area contributed by atoms with Gasteiger partial charge in [0.15, 0.2) is 0 Å². The van der Waals surface area contributed by atoms with E-state index in [0.717, 1.165) is 26.1 Å². The molecule has 2 fully saturated rings. The van der Waals surface area contributed by atoms with E-state index < -0.39 is 0 Å². The van der Waals surface area contributed by atoms with Crippen LogP contribution in [0.3, 0.4) is 0 Å². The summed E-state index contributed by atoms with van der Waals surface area (Å²) in [6.07, 6.45) is 6.01. The number of nitrogens with zero attached hydrogens (tertiary/aromatic N) is 2. The lowest BCUT2D eigenvalue weighted by molar-refractivity contribution is -0.130. The van der Waals surface area contributed by atoms with Crippen molar-refractivity contribution in [3.05, 3.63) is 0 Å². The maximum absolute atomic E-state index is 11.7. The van der Waals surface area contributed by atoms with Gasteiger partial charge in [-0.3, -0.25) is 9.69 Å². The Bertz CT molecular complexity index is 279. The monoisotopic (exact) mass is 254 g/mol. The third kappa shape index (κ3) is 3.69. The Labute approximate surface area is 110 Å². The molecule has 0 aromatic carbocycles. The molecular weight excluding hydrogens is 228 g/mol. The summed E-state index contributed by atoms with van der Waals surface area (Å²) in [6.45, 7) is 5.78. The highest BCUT2D eigenvalue weighted by molar-refractivity contribution is 5.74. The number of ether oxygens (including phenoxy) is 1. The molecule has 1 saturated heterocycles. The highest BCUT2D eigenvalue weighted by Crippen LogP contribution is 2.29. The number of amides is 1. The van der Waals surface area contributed by atoms with E-state index in [9.17, 15) is 4.79 Å². The Morgan fingerprint density at radius 2 is 2.17 bits per heavy atom. The zero-order chi connectivity index (χ0) is 13.0. The normalized spacial score (nSPS) is 24.4. The number of rotatable bonds is 7. The summed E-state index contributed by atoms with van der Waals surface area (Å²) in [5.41, 5.74) is 0. The van der Waals surface area contributed by atoms with Crippen molar-refractivity contribution in [2.24, 2.45) is 0 Å². The minimum Gasteiger partial charge on any atom is -0.385 e. The molecule has 0 bridgehead atoms. The topological polar surface area (TPSA) is 32.8 Å². The average Bonchev–Trinajstić information content (AvgIpc) is 3.08. The Morgan fingerprint density at radius 3 is 2.78 bits per heavy atom. The lowest BCUT2D eigenvalue weighted by Gasteiger charge is -2.30. The van der Waals surface area contributed by atoms with Crippen LogP contribution in [0.5, 0.6) is 0 Å². The minimum absolute atomic E-state index is 0.251. The second-order valence-electron chi connectivity index (χ2n) is 5.58. The Kier molecular flexibility index (Phi) is 5.01. The highest BCUT2D eigenvalue weighted by atomic mass is 16.5. The Morgan fingerprint density at radius 1 is 1.39 bits per heavy atom. The number of hydrogen-bond donors (Lipinski definition) is 0. The van der Waals surface area contributed by atoms with Crippen LogP contribution in [0.1, 0.15) is 39.0 Å². The summed E-state index contributed by atoms with van der Waals surface area (Å²) in [5.74, 6) is 0.251. The number of carbonyl (C=O) groups excluding carboxylic acids is 1. The van der Waals surface area contributed by atoms with Gasteiger partial charge in [-0.15, -0.1) is 0 Å². The average molecular weight is 254 g/mol. The number of carbonyl (C=O) groups is 1. The van der Waals surface area contributed by atoms with Crippen LogP contribution in [0, 0.1) is 0 Å². The van der Waals surface area contributed by atoms with Crippen molar-refractivity contribution in [3.8, 4) is 0 Å². The molecule has 0 unspecified atom stereocenters. The third-order valence-electron chi connectivity index (χ3n) is 4.09. The van der Waals surface area contributed by atoms with Gasteiger partial charge in [0.1, 0.15) is 0 Å². The second-order valence-corrected chi connectivity index (χ2v) is 5.58. The van der Waals surface area contributed by atoms with Crippen molar-refractivity contribution >= 4 is 5.91 Å². The number of hydrogen-bond acceptors (Lipinski definition) is 3. The van der Waals surface area contributed by atoms with E-state index in [1.807, 2.05) is 0 Å². The molecule has 2 rings (SSSR count). The van der Waals surface area contributed by atoms with Crippen LogP contribution in [-0.4, -0.2) is 61.1 Å². The molecule has 0 aromatic rings. The molecule has 2 aliphatic rings. The molecule has 4 nitrogen and oxygen atoms in total. The van der Waals surface area contributed by atoms with Crippen molar-refractivity contribution in [1.29, 1.82) is 0 Å². The lowest BCUT2D eigenvalue weighted by atomic mass is 10.2. The van der Waals surface area contributed by atoms with Gasteiger partial charge >= 0.3 is 0 Å². The van der Waals surface area contributed by atoms with Crippen LogP contribution in [0.2, 0.25) is 0 Å². The first kappa shape index (κ1) is 13.8. The molecule has 4 heteroatoms. The fraction of sp³-hybridized carbons (Fsp3) is 0.929. The van der Waals surface area contributed by atoms with Crippen molar-refractivity contribution in [2.75, 3.05) is 33.4 Å². The van der Waals surface area contributed by atoms with E-state index in [0.29, 0.717) is 12.1 Å². The number of methoxy groups -OCH3 is 1. The molecule has 1 aliphatic carbocycles. The van der Waals surface area contributed by atoms with Crippen LogP contribution in [0.15, 0.2) is 0 Å². The summed E-state index contributed by atoms with van der Waals surface area (Å²) in [7, 11) is 1.76. The molecule has 1 aliphatic heterocycles. The maximum atomic E-state index is 11.7. The van der Waals surface area contributed by atoms with E-state index >= 15 is 0 Å². The molecule has 18 heavy (non-hydrogen) atoms. The molecule has 1 atom stereocenters. The first-order valence-corrected chi connectivity index (χ1v) is 7.22. The van der Waals surface area contributed by atoms with E-state index in [2.05, 4.69) is 9.80 Å². The summed E-state index contributed by atoms with van der Waals surface area (Å²) < 4.78 is 5.11. The summed E-state index contributed by atoms with van der Waals surface area (Å²) >= 11 is 0. The standard InChI is InChI=1S/C14H26N2O2/c1-12(17)16(13-6-7-13)11-14-5-3-8-15(14)9-4-10-18-2/h13-14H,3-11H2,1-2H3/t14-/m1/s1. The lowest BCUT2D eigenvalue weighted by Crippen LogP contribution is -2.43. The zero-order valence-electron chi connectivity index (χ0n) is 11.7. The highest BCUT2D eigenvalue weighted by Gasteiger charge is 2.34. The van der Waals surface area contributed by atoms with Gasteiger partial charge in [0.25, 0.3) is 0 Å². The molecule has 1 amide bonds. The summed E-state index contributed by atoms with van der Waals surface area (Å²) in [6, 6.07) is 1.12. The quantitative estimate of drug-likeness (QED) is 0.645. The summed E-state index contributed by atoms with van der Waals surface area (Å²) in [5, 5.41) is 0. The molecule has 0 spiro atoms. The van der Waals surface area contributed by atoms with Crippen LogP contribution < -0.4 is 0 Å². The van der Waals surface area contributed by atoms with E-state index in [1.54, 1.807) is 14.0 Å². The first-order chi connectivity index (χ1) is 8.72. The SMILES string of the molecule is COCCCN1CCC[C@@H]1CN(C(C)=O)C1CC1. The maximum Gasteiger partial charge on any atom is 0.219 e. The van der Waals surface area contributed by atoms with E-state index in [1.165, 1.54) is 32.2 Å². The van der Waals surface area contributed by atoms with Gasteiger partial charge < -0.3 is 9.64 Å². The smallest absolute Gasteiger partial charge is 0.219 e. The van der Waals surface area contributed by atoms with Crippen molar-refractivity contribution in [2.45, 2.75) is 51.1 Å². The Balaban J connectivity index is 1.80. The van der Waals surface area contributed by atoms with Gasteiger partial charge in [0.2, 0.25) is 5.91 Å². The molecule has 0 N–H and O–H groups in total. The van der Waals surface area contributed by atoms with Gasteiger partial charge in [-0.05, 0) is 38.6 Å². The van der Waals surface area contributed by atoms with Crippen LogP contribution in [0.25, 0.3) is 0 Å². The third-order valence-corrected chi connectivity index (χ3v) is 4.09. The predicted molar refractivity (Wildman–Crippen MR) is 71.5 cm³/mol. The van der Waals surface area contributed by atoms with Gasteiger partial charge in [-0.25, -0.2) is 0 Å². The summed E-state index contributed by atoms with van der Waals surface area (Å²) in [4.78, 5) is 16.3. The largest absolute Gasteiger partial charge is 0.385 e. The van der Waals surface area contributed by atoms with E-state index in [-0.39, 0.29) is 5.91 Å². The van der Waals surface area contributed by atoms with Crippen molar-refractivity contribution in [3.63, 3.8) is 0 Å². The van der Waals surface area contributed by atoms with Gasteiger partial charge in [0, 0.05) is 45.8 Å². The van der Waals surface area contributed by atoms with Crippen LogP contribution in [0.4, 0.5) is 0 Å². The molecule has 1 saturated carbocycles. The van der Waals surface area contributed by atoms with Crippen LogP contribution in [-0.2, 0) is 9.53 Å². The van der Waals surface area contributed by atoms with Crippen LogP contribution >= 0.6 is 0 Å². The second kappa shape index (κ2) is 6.53. The molecule has 0 radical (unpaired) electrons. The van der Waals surface area contributed by atoms with Gasteiger partial charge in [0.05, 0.1) is 0 Å². The molecule has 0 aromatic heterocycles. The molecular formula is C14H26N2O2. The van der Waals surface area contributed by atoms with Crippen molar-refractivity contribution in [1.82, 2.24) is 9.80 Å². The van der Waals surface area contributed by atoms with Gasteiger partial charge in [-0.1, -0.05) is 0 Å². The first-order valence-electron chi connectivity index (χ1n) is 7.22. The zero-order valence-corrected chi connectivity index (χ0v) is 11.7.